The molecule has 0 radical (unpaired) electrons. The minimum absolute atomic E-state index is 0.370. The molecule has 1 aromatic heterocycles. The summed E-state index contributed by atoms with van der Waals surface area (Å²) < 4.78 is 12.2. The van der Waals surface area contributed by atoms with E-state index in [-0.39, 0.29) is 0 Å². The molecular weight excluding hydrogens is 244 g/mol. The minimum Gasteiger partial charge on any atom is -0.475 e. The molecule has 0 saturated carbocycles. The second-order valence-electron chi connectivity index (χ2n) is 4.01. The number of hydrogen-bond donors (Lipinski definition) is 0. The minimum atomic E-state index is 0.370. The van der Waals surface area contributed by atoms with Crippen molar-refractivity contribution in [2.75, 3.05) is 20.3 Å². The van der Waals surface area contributed by atoms with Gasteiger partial charge in [-0.2, -0.15) is 5.10 Å². The molecule has 0 aliphatic rings. The predicted molar refractivity (Wildman–Crippen MR) is 71.1 cm³/mol. The fraction of sp³-hybridized carbons (Fsp3) is 0.286. The summed E-state index contributed by atoms with van der Waals surface area (Å²) in [6.45, 7) is 2.61. The van der Waals surface area contributed by atoms with Crippen molar-refractivity contribution in [2.24, 2.45) is 0 Å². The van der Waals surface area contributed by atoms with E-state index in [0.29, 0.717) is 30.4 Å². The molecule has 0 spiro atoms. The lowest BCUT2D eigenvalue weighted by atomic mass is 10.3. The highest BCUT2D eigenvalue weighted by molar-refractivity contribution is 5.80. The van der Waals surface area contributed by atoms with E-state index in [1.54, 1.807) is 18.7 Å². The van der Waals surface area contributed by atoms with Crippen LogP contribution >= 0.6 is 0 Å². The monoisotopic (exact) mass is 260 g/mol. The molecule has 5 nitrogen and oxygen atoms in total. The van der Waals surface area contributed by atoms with Crippen LogP contribution in [0.2, 0.25) is 0 Å². The average molecular weight is 260 g/mol. The van der Waals surface area contributed by atoms with Gasteiger partial charge in [0.15, 0.2) is 6.29 Å². The largest absolute Gasteiger partial charge is 0.475 e. The molecule has 100 valence electrons. The standard InChI is InChI=1S/C14H16N2O3/c1-11-13(10-17)14(19-9-8-18-2)16(15-11)12-6-4-3-5-7-12/h3-7,10H,8-9H2,1-2H3. The highest BCUT2D eigenvalue weighted by atomic mass is 16.5. The number of rotatable bonds is 6. The van der Waals surface area contributed by atoms with Crippen LogP contribution in [-0.2, 0) is 4.74 Å². The molecule has 1 heterocycles. The number of ether oxygens (including phenoxy) is 2. The number of carbonyl (C=O) groups is 1. The second-order valence-corrected chi connectivity index (χ2v) is 4.01. The van der Waals surface area contributed by atoms with Crippen molar-refractivity contribution in [2.45, 2.75) is 6.92 Å². The lowest BCUT2D eigenvalue weighted by Gasteiger charge is -2.09. The number of benzene rings is 1. The maximum absolute atomic E-state index is 11.2. The molecule has 0 bridgehead atoms. The van der Waals surface area contributed by atoms with Crippen molar-refractivity contribution in [1.82, 2.24) is 9.78 Å². The van der Waals surface area contributed by atoms with E-state index in [9.17, 15) is 4.79 Å². The molecule has 1 aromatic carbocycles. The van der Waals surface area contributed by atoms with Gasteiger partial charge in [0.1, 0.15) is 6.61 Å². The van der Waals surface area contributed by atoms with E-state index in [0.717, 1.165) is 12.0 Å². The Hall–Kier alpha value is -2.14. The third-order valence-electron chi connectivity index (χ3n) is 2.71. The fourth-order valence-corrected chi connectivity index (χ4v) is 1.76. The lowest BCUT2D eigenvalue weighted by Crippen LogP contribution is -2.09. The van der Waals surface area contributed by atoms with Gasteiger partial charge in [0.05, 0.1) is 23.6 Å². The Morgan fingerprint density at radius 1 is 1.26 bits per heavy atom. The first kappa shape index (κ1) is 13.3. The number of aldehydes is 1. The maximum atomic E-state index is 11.2. The smallest absolute Gasteiger partial charge is 0.227 e. The molecule has 0 unspecified atom stereocenters. The molecule has 0 amide bonds. The number of para-hydroxylation sites is 1. The zero-order valence-electron chi connectivity index (χ0n) is 11.0. The van der Waals surface area contributed by atoms with Crippen LogP contribution in [0.3, 0.4) is 0 Å². The van der Waals surface area contributed by atoms with Crippen LogP contribution in [0, 0.1) is 6.92 Å². The molecule has 0 fully saturated rings. The molecule has 2 rings (SSSR count). The van der Waals surface area contributed by atoms with Crippen molar-refractivity contribution < 1.29 is 14.3 Å². The first-order valence-corrected chi connectivity index (χ1v) is 6.00. The van der Waals surface area contributed by atoms with Gasteiger partial charge in [-0.05, 0) is 19.1 Å². The zero-order valence-corrected chi connectivity index (χ0v) is 11.0. The molecule has 0 atom stereocenters. The molecule has 0 saturated heterocycles. The Balaban J connectivity index is 2.40. The fourth-order valence-electron chi connectivity index (χ4n) is 1.76. The van der Waals surface area contributed by atoms with Crippen molar-refractivity contribution in [3.63, 3.8) is 0 Å². The maximum Gasteiger partial charge on any atom is 0.227 e. The van der Waals surface area contributed by atoms with E-state index >= 15 is 0 Å². The first-order valence-electron chi connectivity index (χ1n) is 6.00. The van der Waals surface area contributed by atoms with E-state index in [1.807, 2.05) is 30.3 Å². The van der Waals surface area contributed by atoms with E-state index in [2.05, 4.69) is 5.10 Å². The molecule has 5 heteroatoms. The average Bonchev–Trinajstić information content (AvgIpc) is 2.76. The predicted octanol–water partition coefficient (Wildman–Crippen LogP) is 2.02. The number of aryl methyl sites for hydroxylation is 1. The van der Waals surface area contributed by atoms with Gasteiger partial charge in [0.25, 0.3) is 0 Å². The molecule has 19 heavy (non-hydrogen) atoms. The van der Waals surface area contributed by atoms with Crippen LogP contribution in [0.1, 0.15) is 16.1 Å². The quantitative estimate of drug-likeness (QED) is 0.589. The summed E-state index contributed by atoms with van der Waals surface area (Å²) in [6.07, 6.45) is 0.768. The Bertz CT molecular complexity index is 549. The van der Waals surface area contributed by atoms with Crippen LogP contribution in [0.5, 0.6) is 5.88 Å². The number of hydrogen-bond acceptors (Lipinski definition) is 4. The van der Waals surface area contributed by atoms with Crippen LogP contribution in [-0.4, -0.2) is 36.4 Å². The Kier molecular flexibility index (Phi) is 4.30. The topological polar surface area (TPSA) is 53.4 Å². The molecule has 0 aliphatic heterocycles. The summed E-state index contributed by atoms with van der Waals surface area (Å²) in [5.41, 5.74) is 1.97. The number of nitrogens with zero attached hydrogens (tertiary/aromatic N) is 2. The Labute approximate surface area is 111 Å². The van der Waals surface area contributed by atoms with Crippen molar-refractivity contribution in [1.29, 1.82) is 0 Å². The molecule has 2 aromatic rings. The zero-order chi connectivity index (χ0) is 13.7. The lowest BCUT2D eigenvalue weighted by molar-refractivity contribution is 0.111. The van der Waals surface area contributed by atoms with Gasteiger partial charge in [0, 0.05) is 7.11 Å². The van der Waals surface area contributed by atoms with Crippen molar-refractivity contribution >= 4 is 6.29 Å². The summed E-state index contributed by atoms with van der Waals surface area (Å²) in [6, 6.07) is 9.55. The summed E-state index contributed by atoms with van der Waals surface area (Å²) in [5.74, 6) is 0.454. The van der Waals surface area contributed by atoms with Crippen LogP contribution in [0.15, 0.2) is 30.3 Å². The highest BCUT2D eigenvalue weighted by Gasteiger charge is 2.17. The molecule has 0 aliphatic carbocycles. The van der Waals surface area contributed by atoms with Gasteiger partial charge in [-0.15, -0.1) is 0 Å². The summed E-state index contributed by atoms with van der Waals surface area (Å²) >= 11 is 0. The summed E-state index contributed by atoms with van der Waals surface area (Å²) in [5, 5.41) is 4.35. The van der Waals surface area contributed by atoms with Gasteiger partial charge in [-0.25, -0.2) is 4.68 Å². The van der Waals surface area contributed by atoms with Gasteiger partial charge in [-0.3, -0.25) is 4.79 Å². The van der Waals surface area contributed by atoms with E-state index in [4.69, 9.17) is 9.47 Å². The van der Waals surface area contributed by atoms with Crippen LogP contribution in [0.25, 0.3) is 5.69 Å². The number of carbonyl (C=O) groups excluding carboxylic acids is 1. The van der Waals surface area contributed by atoms with Crippen molar-refractivity contribution in [3.8, 4) is 11.6 Å². The Morgan fingerprint density at radius 2 is 2.00 bits per heavy atom. The van der Waals surface area contributed by atoms with Gasteiger partial charge in [0.2, 0.25) is 5.88 Å². The molecule has 0 N–H and O–H groups in total. The third-order valence-corrected chi connectivity index (χ3v) is 2.71. The van der Waals surface area contributed by atoms with E-state index in [1.165, 1.54) is 0 Å². The SMILES string of the molecule is COCCOc1c(C=O)c(C)nn1-c1ccccc1. The summed E-state index contributed by atoms with van der Waals surface area (Å²) in [7, 11) is 1.60. The van der Waals surface area contributed by atoms with Crippen molar-refractivity contribution in [3.05, 3.63) is 41.6 Å². The second kappa shape index (κ2) is 6.15. The molecular formula is C14H16N2O3. The van der Waals surface area contributed by atoms with Crippen LogP contribution in [0.4, 0.5) is 0 Å². The first-order chi connectivity index (χ1) is 9.27. The van der Waals surface area contributed by atoms with E-state index < -0.39 is 0 Å². The van der Waals surface area contributed by atoms with Crippen LogP contribution < -0.4 is 4.74 Å². The number of methoxy groups -OCH3 is 1. The van der Waals surface area contributed by atoms with Gasteiger partial charge < -0.3 is 9.47 Å². The Morgan fingerprint density at radius 3 is 2.63 bits per heavy atom. The highest BCUT2D eigenvalue weighted by Crippen LogP contribution is 2.24. The summed E-state index contributed by atoms with van der Waals surface area (Å²) in [4.78, 5) is 11.2. The third kappa shape index (κ3) is 2.82. The van der Waals surface area contributed by atoms with Gasteiger partial charge in [-0.1, -0.05) is 18.2 Å². The normalized spacial score (nSPS) is 10.4. The number of aromatic nitrogens is 2. The van der Waals surface area contributed by atoms with Gasteiger partial charge >= 0.3 is 0 Å².